The van der Waals surface area contributed by atoms with Crippen LogP contribution in [0.3, 0.4) is 0 Å². The number of allylic oxidation sites excluding steroid dienone is 1. The summed E-state index contributed by atoms with van der Waals surface area (Å²) in [6, 6.07) is 22.7. The molecule has 4 aromatic rings. The van der Waals surface area contributed by atoms with Gasteiger partial charge in [0.05, 0.1) is 17.5 Å². The second kappa shape index (κ2) is 7.43. The number of benzene rings is 3. The molecule has 3 aromatic carbocycles. The van der Waals surface area contributed by atoms with E-state index >= 15 is 0 Å². The number of hydrogen-bond donors (Lipinski definition) is 0. The summed E-state index contributed by atoms with van der Waals surface area (Å²) in [5, 5.41) is 0.987. The predicted octanol–water partition coefficient (Wildman–Crippen LogP) is 5.77. The Labute approximate surface area is 182 Å². The molecule has 5 heteroatoms. The minimum atomic E-state index is -3.67. The Hall–Kier alpha value is -3.31. The van der Waals surface area contributed by atoms with Crippen LogP contribution in [0.4, 0.5) is 0 Å². The van der Waals surface area contributed by atoms with Crippen LogP contribution in [-0.4, -0.2) is 19.5 Å². The number of aromatic nitrogens is 1. The largest absolute Gasteiger partial charge is 0.497 e. The fourth-order valence-corrected chi connectivity index (χ4v) is 5.41. The fraction of sp³-hybridized carbons (Fsp3) is 0.154. The van der Waals surface area contributed by atoms with E-state index in [-0.39, 0.29) is 5.92 Å². The van der Waals surface area contributed by atoms with Crippen LogP contribution in [0.2, 0.25) is 0 Å². The van der Waals surface area contributed by atoms with Crippen molar-refractivity contribution in [1.29, 1.82) is 0 Å². The molecule has 5 rings (SSSR count). The number of methoxy groups -OCH3 is 1. The normalized spacial score (nSPS) is 17.2. The highest BCUT2D eigenvalue weighted by Gasteiger charge is 2.35. The van der Waals surface area contributed by atoms with Crippen LogP contribution in [-0.2, 0) is 10.0 Å². The van der Waals surface area contributed by atoms with E-state index in [0.717, 1.165) is 34.2 Å². The zero-order valence-electron chi connectivity index (χ0n) is 17.4. The lowest BCUT2D eigenvalue weighted by molar-refractivity contribution is 0.415. The molecule has 0 aliphatic heterocycles. The number of aryl methyl sites for hydroxylation is 1. The molecule has 1 heterocycles. The topological polar surface area (TPSA) is 48.3 Å². The summed E-state index contributed by atoms with van der Waals surface area (Å²) >= 11 is 0. The first kappa shape index (κ1) is 19.6. The summed E-state index contributed by atoms with van der Waals surface area (Å²) in [6.07, 6.45) is 4.93. The summed E-state index contributed by atoms with van der Waals surface area (Å²) in [5.74, 6) is 1.07. The van der Waals surface area contributed by atoms with E-state index in [1.807, 2.05) is 67.6 Å². The summed E-state index contributed by atoms with van der Waals surface area (Å²) in [4.78, 5) is 0.301. The van der Waals surface area contributed by atoms with Crippen molar-refractivity contribution in [3.8, 4) is 5.75 Å². The predicted molar refractivity (Wildman–Crippen MR) is 124 cm³/mol. The maximum absolute atomic E-state index is 13.4. The first-order chi connectivity index (χ1) is 15.0. The Morgan fingerprint density at radius 1 is 0.968 bits per heavy atom. The van der Waals surface area contributed by atoms with Gasteiger partial charge in [-0.2, -0.15) is 0 Å². The Kier molecular flexibility index (Phi) is 4.71. The quantitative estimate of drug-likeness (QED) is 0.405. The van der Waals surface area contributed by atoms with Crippen molar-refractivity contribution in [2.24, 2.45) is 0 Å². The Morgan fingerprint density at radius 3 is 2.39 bits per heavy atom. The van der Waals surface area contributed by atoms with E-state index < -0.39 is 10.0 Å². The molecule has 1 aliphatic carbocycles. The molecule has 0 amide bonds. The van der Waals surface area contributed by atoms with Gasteiger partial charge in [-0.05, 0) is 54.8 Å². The van der Waals surface area contributed by atoms with Crippen molar-refractivity contribution >= 4 is 27.0 Å². The highest BCUT2D eigenvalue weighted by molar-refractivity contribution is 7.90. The van der Waals surface area contributed by atoms with E-state index in [9.17, 15) is 8.42 Å². The van der Waals surface area contributed by atoms with E-state index in [0.29, 0.717) is 10.4 Å². The minimum Gasteiger partial charge on any atom is -0.497 e. The Bertz CT molecular complexity index is 1400. The number of ether oxygens (including phenoxy) is 1. The second-order valence-corrected chi connectivity index (χ2v) is 9.78. The van der Waals surface area contributed by atoms with Crippen LogP contribution in [0.25, 0.3) is 17.0 Å². The molecule has 0 bridgehead atoms. The van der Waals surface area contributed by atoms with Gasteiger partial charge in [0.15, 0.2) is 0 Å². The van der Waals surface area contributed by atoms with Crippen LogP contribution < -0.4 is 4.74 Å². The van der Waals surface area contributed by atoms with E-state index in [2.05, 4.69) is 6.08 Å². The standard InChI is InChI=1S/C26H23NO3S/c1-18-7-13-22(14-8-18)31(28,29)27-17-25(23-5-3-4-6-26(23)27)24-16-20(24)15-19-9-11-21(30-2)12-10-19/h3-15,17,24H,16H2,1-2H3/b20-15-/t24-/m1/s1. The molecule has 31 heavy (non-hydrogen) atoms. The number of fused-ring (bicyclic) bond motifs is 1. The van der Waals surface area contributed by atoms with Gasteiger partial charge in [0, 0.05) is 17.5 Å². The molecule has 0 unspecified atom stereocenters. The van der Waals surface area contributed by atoms with Gasteiger partial charge in [0.2, 0.25) is 0 Å². The third-order valence-electron chi connectivity index (χ3n) is 5.86. The van der Waals surface area contributed by atoms with Gasteiger partial charge in [-0.3, -0.25) is 0 Å². The number of hydrogen-bond acceptors (Lipinski definition) is 3. The lowest BCUT2D eigenvalue weighted by atomic mass is 10.1. The summed E-state index contributed by atoms with van der Waals surface area (Å²) in [7, 11) is -2.01. The summed E-state index contributed by atoms with van der Waals surface area (Å²) < 4.78 is 33.4. The molecule has 1 aromatic heterocycles. The van der Waals surface area contributed by atoms with E-state index in [4.69, 9.17) is 4.74 Å². The van der Waals surface area contributed by atoms with E-state index in [1.54, 1.807) is 25.4 Å². The van der Waals surface area contributed by atoms with Crippen LogP contribution in [0.15, 0.2) is 89.5 Å². The van der Waals surface area contributed by atoms with Gasteiger partial charge in [-0.25, -0.2) is 12.4 Å². The smallest absolute Gasteiger partial charge is 0.268 e. The lowest BCUT2D eigenvalue weighted by Gasteiger charge is -2.07. The van der Waals surface area contributed by atoms with Crippen molar-refractivity contribution in [3.63, 3.8) is 0 Å². The van der Waals surface area contributed by atoms with Crippen LogP contribution in [0.5, 0.6) is 5.75 Å². The molecule has 1 aliphatic rings. The number of rotatable bonds is 5. The third kappa shape index (κ3) is 3.55. The third-order valence-corrected chi connectivity index (χ3v) is 7.55. The van der Waals surface area contributed by atoms with Gasteiger partial charge < -0.3 is 4.74 Å². The number of para-hydroxylation sites is 1. The molecular formula is C26H23NO3S. The minimum absolute atomic E-state index is 0.237. The maximum atomic E-state index is 13.4. The van der Waals surface area contributed by atoms with Gasteiger partial charge in [-0.1, -0.05) is 59.7 Å². The molecule has 156 valence electrons. The summed E-state index contributed by atoms with van der Waals surface area (Å²) in [6.45, 7) is 1.95. The molecule has 0 saturated heterocycles. The molecule has 4 nitrogen and oxygen atoms in total. The van der Waals surface area contributed by atoms with Crippen LogP contribution in [0.1, 0.15) is 29.0 Å². The van der Waals surface area contributed by atoms with Crippen molar-refractivity contribution < 1.29 is 13.2 Å². The fourth-order valence-electron chi connectivity index (χ4n) is 4.04. The first-order valence-electron chi connectivity index (χ1n) is 10.2. The van der Waals surface area contributed by atoms with Crippen LogP contribution >= 0.6 is 0 Å². The molecule has 1 fully saturated rings. The van der Waals surface area contributed by atoms with Crippen LogP contribution in [0, 0.1) is 6.92 Å². The van der Waals surface area contributed by atoms with Crippen molar-refractivity contribution in [2.45, 2.75) is 24.2 Å². The highest BCUT2D eigenvalue weighted by Crippen LogP contribution is 2.50. The molecule has 0 N–H and O–H groups in total. The first-order valence-corrected chi connectivity index (χ1v) is 11.7. The average Bonchev–Trinajstić information content (AvgIpc) is 3.42. The Morgan fingerprint density at radius 2 is 1.68 bits per heavy atom. The van der Waals surface area contributed by atoms with E-state index in [1.165, 1.54) is 9.55 Å². The van der Waals surface area contributed by atoms with Crippen molar-refractivity contribution in [3.05, 3.63) is 101 Å². The molecule has 1 saturated carbocycles. The van der Waals surface area contributed by atoms with Gasteiger partial charge in [-0.15, -0.1) is 0 Å². The monoisotopic (exact) mass is 429 g/mol. The van der Waals surface area contributed by atoms with Crippen molar-refractivity contribution in [1.82, 2.24) is 3.97 Å². The van der Waals surface area contributed by atoms with Gasteiger partial charge in [0.25, 0.3) is 10.0 Å². The molecule has 0 spiro atoms. The van der Waals surface area contributed by atoms with Gasteiger partial charge in [0.1, 0.15) is 5.75 Å². The van der Waals surface area contributed by atoms with Crippen molar-refractivity contribution in [2.75, 3.05) is 7.11 Å². The SMILES string of the molecule is COc1ccc(/C=C2/C[C@H]2c2cn(S(=O)(=O)c3ccc(C)cc3)c3ccccc23)cc1. The number of nitrogens with zero attached hydrogens (tertiary/aromatic N) is 1. The zero-order chi connectivity index (χ0) is 21.6. The zero-order valence-corrected chi connectivity index (χ0v) is 18.3. The lowest BCUT2D eigenvalue weighted by Crippen LogP contribution is -2.11. The maximum Gasteiger partial charge on any atom is 0.268 e. The molecule has 0 radical (unpaired) electrons. The summed E-state index contributed by atoms with van der Waals surface area (Å²) in [5.41, 5.74) is 5.23. The Balaban J connectivity index is 1.54. The average molecular weight is 430 g/mol. The highest BCUT2D eigenvalue weighted by atomic mass is 32.2. The second-order valence-electron chi connectivity index (χ2n) is 7.96. The van der Waals surface area contributed by atoms with Gasteiger partial charge >= 0.3 is 0 Å². The molecule has 1 atom stereocenters. The molecular weight excluding hydrogens is 406 g/mol.